The third kappa shape index (κ3) is 2.61. The fourth-order valence-corrected chi connectivity index (χ4v) is 4.00. The molecule has 0 aliphatic carbocycles. The lowest BCUT2D eigenvalue weighted by atomic mass is 9.82. The maximum absolute atomic E-state index is 2.89. The van der Waals surface area contributed by atoms with Crippen LogP contribution in [-0.4, -0.2) is 23.5 Å². The van der Waals surface area contributed by atoms with E-state index in [4.69, 9.17) is 0 Å². The lowest BCUT2D eigenvalue weighted by Gasteiger charge is -2.43. The van der Waals surface area contributed by atoms with Crippen LogP contribution in [0.1, 0.15) is 71.6 Å². The van der Waals surface area contributed by atoms with Gasteiger partial charge in [0.15, 0.2) is 0 Å². The van der Waals surface area contributed by atoms with Crippen molar-refractivity contribution in [2.45, 2.75) is 83.7 Å². The number of unbranched alkanes of at least 4 members (excludes halogenated alkanes) is 1. The Kier molecular flexibility index (Phi) is 4.69. The Bertz CT molecular complexity index is 202. The molecule has 0 aromatic rings. The SMILES string of the molecule is CCCC[C@@H]1CC[C@@H](CCC)[C@@H]2CCCN12. The van der Waals surface area contributed by atoms with Gasteiger partial charge in [0.2, 0.25) is 0 Å². The first-order chi connectivity index (χ1) is 7.86. The zero-order valence-corrected chi connectivity index (χ0v) is 11.3. The number of rotatable bonds is 5. The molecule has 1 heteroatoms. The van der Waals surface area contributed by atoms with Crippen LogP contribution in [0.2, 0.25) is 0 Å². The van der Waals surface area contributed by atoms with Crippen molar-refractivity contribution in [1.29, 1.82) is 0 Å². The molecule has 0 radical (unpaired) electrons. The molecule has 0 aromatic heterocycles. The van der Waals surface area contributed by atoms with E-state index in [1.54, 1.807) is 0 Å². The van der Waals surface area contributed by atoms with Gasteiger partial charge in [-0.15, -0.1) is 0 Å². The van der Waals surface area contributed by atoms with Crippen LogP contribution >= 0.6 is 0 Å². The standard InChI is InChI=1S/C15H29N/c1-3-5-8-14-11-10-13(7-4-2)15-9-6-12-16(14)15/h13-15H,3-12H2,1-2H3/t13-,14-,15+/m1/s1. The summed E-state index contributed by atoms with van der Waals surface area (Å²) in [7, 11) is 0. The third-order valence-electron chi connectivity index (χ3n) is 4.78. The molecule has 16 heavy (non-hydrogen) atoms. The molecule has 2 fully saturated rings. The predicted octanol–water partition coefficient (Wildman–Crippen LogP) is 4.22. The lowest BCUT2D eigenvalue weighted by molar-refractivity contribution is 0.0638. The maximum Gasteiger partial charge on any atom is 0.0127 e. The van der Waals surface area contributed by atoms with E-state index >= 15 is 0 Å². The number of hydrogen-bond acceptors (Lipinski definition) is 1. The van der Waals surface area contributed by atoms with Crippen LogP contribution in [0, 0.1) is 5.92 Å². The highest BCUT2D eigenvalue weighted by atomic mass is 15.2. The molecule has 2 aliphatic heterocycles. The van der Waals surface area contributed by atoms with Gasteiger partial charge in [0.25, 0.3) is 0 Å². The van der Waals surface area contributed by atoms with Gasteiger partial charge in [-0.05, 0) is 51.0 Å². The topological polar surface area (TPSA) is 3.24 Å². The summed E-state index contributed by atoms with van der Waals surface area (Å²) < 4.78 is 0. The molecule has 0 amide bonds. The highest BCUT2D eigenvalue weighted by Gasteiger charge is 2.38. The van der Waals surface area contributed by atoms with E-state index < -0.39 is 0 Å². The second-order valence-corrected chi connectivity index (χ2v) is 5.87. The van der Waals surface area contributed by atoms with E-state index in [1.807, 2.05) is 0 Å². The second kappa shape index (κ2) is 6.05. The number of piperidine rings is 1. The Morgan fingerprint density at radius 1 is 1.00 bits per heavy atom. The largest absolute Gasteiger partial charge is 0.297 e. The molecule has 0 saturated carbocycles. The van der Waals surface area contributed by atoms with Crippen molar-refractivity contribution in [3.05, 3.63) is 0 Å². The molecule has 0 spiro atoms. The van der Waals surface area contributed by atoms with Gasteiger partial charge in [-0.3, -0.25) is 4.90 Å². The van der Waals surface area contributed by atoms with Crippen molar-refractivity contribution in [3.63, 3.8) is 0 Å². The average molecular weight is 223 g/mol. The van der Waals surface area contributed by atoms with Gasteiger partial charge in [-0.2, -0.15) is 0 Å². The van der Waals surface area contributed by atoms with Crippen LogP contribution < -0.4 is 0 Å². The summed E-state index contributed by atoms with van der Waals surface area (Å²) in [6.07, 6.45) is 13.1. The smallest absolute Gasteiger partial charge is 0.0127 e. The molecule has 1 nitrogen and oxygen atoms in total. The van der Waals surface area contributed by atoms with E-state index in [9.17, 15) is 0 Å². The number of nitrogens with zero attached hydrogens (tertiary/aromatic N) is 1. The highest BCUT2D eigenvalue weighted by molar-refractivity contribution is 4.93. The Morgan fingerprint density at radius 2 is 1.88 bits per heavy atom. The number of hydrogen-bond donors (Lipinski definition) is 0. The first-order valence-corrected chi connectivity index (χ1v) is 7.62. The van der Waals surface area contributed by atoms with E-state index in [-0.39, 0.29) is 0 Å². The predicted molar refractivity (Wildman–Crippen MR) is 70.7 cm³/mol. The summed E-state index contributed by atoms with van der Waals surface area (Å²) in [6.45, 7) is 6.08. The highest BCUT2D eigenvalue weighted by Crippen LogP contribution is 2.38. The van der Waals surface area contributed by atoms with E-state index in [1.165, 1.54) is 64.3 Å². The Hall–Kier alpha value is -0.0400. The molecule has 94 valence electrons. The van der Waals surface area contributed by atoms with Gasteiger partial charge in [0.1, 0.15) is 0 Å². The molecule has 0 aromatic carbocycles. The third-order valence-corrected chi connectivity index (χ3v) is 4.78. The van der Waals surface area contributed by atoms with Crippen LogP contribution in [0.5, 0.6) is 0 Å². The first-order valence-electron chi connectivity index (χ1n) is 7.62. The maximum atomic E-state index is 2.89. The van der Waals surface area contributed by atoms with Crippen LogP contribution in [0.3, 0.4) is 0 Å². The van der Waals surface area contributed by atoms with E-state index in [0.29, 0.717) is 0 Å². The quantitative estimate of drug-likeness (QED) is 0.674. The van der Waals surface area contributed by atoms with Crippen molar-refractivity contribution in [2.24, 2.45) is 5.92 Å². The summed E-state index contributed by atoms with van der Waals surface area (Å²) >= 11 is 0. The summed E-state index contributed by atoms with van der Waals surface area (Å²) in [5.41, 5.74) is 0. The minimum absolute atomic E-state index is 0.945. The molecule has 0 N–H and O–H groups in total. The molecule has 2 heterocycles. The fraction of sp³-hybridized carbons (Fsp3) is 1.00. The summed E-state index contributed by atoms with van der Waals surface area (Å²) in [5.74, 6) is 1.03. The fourth-order valence-electron chi connectivity index (χ4n) is 4.00. The summed E-state index contributed by atoms with van der Waals surface area (Å²) in [4.78, 5) is 2.89. The van der Waals surface area contributed by atoms with Gasteiger partial charge >= 0.3 is 0 Å². The zero-order chi connectivity index (χ0) is 11.4. The van der Waals surface area contributed by atoms with Gasteiger partial charge in [0.05, 0.1) is 0 Å². The monoisotopic (exact) mass is 223 g/mol. The molecule has 2 aliphatic rings. The zero-order valence-electron chi connectivity index (χ0n) is 11.3. The minimum atomic E-state index is 0.945. The molecule has 2 rings (SSSR count). The van der Waals surface area contributed by atoms with E-state index in [0.717, 1.165) is 18.0 Å². The van der Waals surface area contributed by atoms with Crippen LogP contribution in [0.25, 0.3) is 0 Å². The normalized spacial score (nSPS) is 35.2. The Balaban J connectivity index is 1.91. The van der Waals surface area contributed by atoms with Crippen molar-refractivity contribution in [2.75, 3.05) is 6.54 Å². The van der Waals surface area contributed by atoms with Gasteiger partial charge in [0, 0.05) is 12.1 Å². The van der Waals surface area contributed by atoms with Crippen LogP contribution in [0.15, 0.2) is 0 Å². The van der Waals surface area contributed by atoms with Gasteiger partial charge in [-0.25, -0.2) is 0 Å². The summed E-state index contributed by atoms with van der Waals surface area (Å²) in [6, 6.07) is 1.91. The van der Waals surface area contributed by atoms with Gasteiger partial charge in [-0.1, -0.05) is 33.1 Å². The minimum Gasteiger partial charge on any atom is -0.297 e. The Labute approximate surface area is 102 Å². The molecule has 3 atom stereocenters. The summed E-state index contributed by atoms with van der Waals surface area (Å²) in [5, 5.41) is 0. The molecule has 2 saturated heterocycles. The van der Waals surface area contributed by atoms with Gasteiger partial charge < -0.3 is 0 Å². The van der Waals surface area contributed by atoms with Crippen molar-refractivity contribution in [3.8, 4) is 0 Å². The lowest BCUT2D eigenvalue weighted by Crippen LogP contribution is -2.47. The molecule has 0 unspecified atom stereocenters. The average Bonchev–Trinajstić information content (AvgIpc) is 2.78. The molecular formula is C15H29N. The molecular weight excluding hydrogens is 194 g/mol. The van der Waals surface area contributed by atoms with Crippen LogP contribution in [0.4, 0.5) is 0 Å². The Morgan fingerprint density at radius 3 is 2.62 bits per heavy atom. The van der Waals surface area contributed by atoms with Crippen molar-refractivity contribution < 1.29 is 0 Å². The second-order valence-electron chi connectivity index (χ2n) is 5.87. The van der Waals surface area contributed by atoms with E-state index in [2.05, 4.69) is 18.7 Å². The van der Waals surface area contributed by atoms with Crippen LogP contribution in [-0.2, 0) is 0 Å². The van der Waals surface area contributed by atoms with Crippen molar-refractivity contribution in [1.82, 2.24) is 4.90 Å². The number of fused-ring (bicyclic) bond motifs is 1. The molecule has 0 bridgehead atoms. The first kappa shape index (κ1) is 12.4. The van der Waals surface area contributed by atoms with Crippen molar-refractivity contribution >= 4 is 0 Å².